The second-order valence-electron chi connectivity index (χ2n) is 7.23. The highest BCUT2D eigenvalue weighted by atomic mass is 32.2. The highest BCUT2D eigenvalue weighted by Gasteiger charge is 2.28. The molecule has 0 aliphatic carbocycles. The van der Waals surface area contributed by atoms with Crippen molar-refractivity contribution >= 4 is 29.3 Å². The predicted octanol–water partition coefficient (Wildman–Crippen LogP) is 1.69. The molecular formula is C19H25N3O4S. The van der Waals surface area contributed by atoms with E-state index < -0.39 is 11.8 Å². The Morgan fingerprint density at radius 2 is 1.93 bits per heavy atom. The van der Waals surface area contributed by atoms with Gasteiger partial charge in [-0.2, -0.15) is 11.8 Å². The number of fused-ring (bicyclic) bond motifs is 1. The molecule has 3 heterocycles. The van der Waals surface area contributed by atoms with Crippen molar-refractivity contribution in [3.05, 3.63) is 18.2 Å². The van der Waals surface area contributed by atoms with Crippen LogP contribution in [0.15, 0.2) is 18.2 Å². The van der Waals surface area contributed by atoms with Crippen molar-refractivity contribution in [3.63, 3.8) is 0 Å². The Hall–Kier alpha value is -1.93. The maximum Gasteiger partial charge on any atom is 0.313 e. The highest BCUT2D eigenvalue weighted by Crippen LogP contribution is 2.34. The van der Waals surface area contributed by atoms with Crippen molar-refractivity contribution in [2.24, 2.45) is 5.92 Å². The second-order valence-corrected chi connectivity index (χ2v) is 8.38. The van der Waals surface area contributed by atoms with Crippen LogP contribution in [0.25, 0.3) is 0 Å². The molecule has 0 spiro atoms. The molecule has 0 bridgehead atoms. The zero-order valence-corrected chi connectivity index (χ0v) is 16.1. The van der Waals surface area contributed by atoms with Crippen LogP contribution in [0, 0.1) is 5.92 Å². The first-order chi connectivity index (χ1) is 13.2. The first-order valence-electron chi connectivity index (χ1n) is 9.49. The summed E-state index contributed by atoms with van der Waals surface area (Å²) in [6.07, 6.45) is 3.45. The van der Waals surface area contributed by atoms with Gasteiger partial charge in [-0.25, -0.2) is 0 Å². The molecule has 1 aromatic rings. The lowest BCUT2D eigenvalue weighted by Crippen LogP contribution is -2.45. The Balaban J connectivity index is 1.19. The van der Waals surface area contributed by atoms with Gasteiger partial charge in [-0.15, -0.1) is 0 Å². The van der Waals surface area contributed by atoms with Gasteiger partial charge >= 0.3 is 11.8 Å². The SMILES string of the molecule is O=C(NCC1CCN([C@H]2CCSC2)CC1)C(=O)Nc1ccc2c(c1)OCO2. The van der Waals surface area contributed by atoms with Gasteiger partial charge in [0, 0.05) is 30.1 Å². The quantitative estimate of drug-likeness (QED) is 0.761. The smallest absolute Gasteiger partial charge is 0.313 e. The Labute approximate surface area is 163 Å². The lowest BCUT2D eigenvalue weighted by molar-refractivity contribution is -0.136. The zero-order valence-electron chi connectivity index (χ0n) is 15.2. The average Bonchev–Trinajstić information content (AvgIpc) is 3.38. The van der Waals surface area contributed by atoms with Gasteiger partial charge in [0.1, 0.15) is 0 Å². The molecule has 2 amide bonds. The molecule has 3 aliphatic rings. The Kier molecular flexibility index (Phi) is 5.73. The summed E-state index contributed by atoms with van der Waals surface area (Å²) in [7, 11) is 0. The van der Waals surface area contributed by atoms with Crippen LogP contribution in [0.3, 0.4) is 0 Å². The molecule has 0 radical (unpaired) electrons. The van der Waals surface area contributed by atoms with E-state index in [0.717, 1.165) is 32.0 Å². The number of likely N-dealkylation sites (tertiary alicyclic amines) is 1. The van der Waals surface area contributed by atoms with Crippen LogP contribution in [-0.2, 0) is 9.59 Å². The third-order valence-electron chi connectivity index (χ3n) is 5.46. The number of anilines is 1. The van der Waals surface area contributed by atoms with Gasteiger partial charge in [-0.05, 0) is 56.2 Å². The van der Waals surface area contributed by atoms with E-state index in [1.807, 2.05) is 11.8 Å². The zero-order chi connectivity index (χ0) is 18.6. The molecule has 2 saturated heterocycles. The van der Waals surface area contributed by atoms with Gasteiger partial charge in [-0.1, -0.05) is 0 Å². The molecule has 8 heteroatoms. The summed E-state index contributed by atoms with van der Waals surface area (Å²) >= 11 is 2.04. The largest absolute Gasteiger partial charge is 0.454 e. The minimum atomic E-state index is -0.658. The molecule has 0 aromatic heterocycles. The van der Waals surface area contributed by atoms with Gasteiger partial charge in [0.05, 0.1) is 0 Å². The maximum absolute atomic E-state index is 12.1. The van der Waals surface area contributed by atoms with Crippen molar-refractivity contribution < 1.29 is 19.1 Å². The highest BCUT2D eigenvalue weighted by molar-refractivity contribution is 7.99. The lowest BCUT2D eigenvalue weighted by Gasteiger charge is -2.35. The third kappa shape index (κ3) is 4.50. The fraction of sp³-hybridized carbons (Fsp3) is 0.579. The number of thioether (sulfide) groups is 1. The standard InChI is InChI=1S/C19H25N3O4S/c23-18(19(24)21-14-1-2-16-17(9-14)26-12-25-16)20-10-13-3-6-22(7-4-13)15-5-8-27-11-15/h1-2,9,13,15H,3-8,10-12H2,(H,20,23)(H,21,24)/t15-/m0/s1. The number of carbonyl (C=O) groups excluding carboxylic acids is 2. The van der Waals surface area contributed by atoms with E-state index in [0.29, 0.717) is 29.6 Å². The first-order valence-corrected chi connectivity index (χ1v) is 10.6. The van der Waals surface area contributed by atoms with Crippen LogP contribution in [0.4, 0.5) is 5.69 Å². The number of ether oxygens (including phenoxy) is 2. The summed E-state index contributed by atoms with van der Waals surface area (Å²) < 4.78 is 10.5. The molecule has 2 N–H and O–H groups in total. The predicted molar refractivity (Wildman–Crippen MR) is 104 cm³/mol. The summed E-state index contributed by atoms with van der Waals surface area (Å²) in [5, 5.41) is 5.39. The number of nitrogens with zero attached hydrogens (tertiary/aromatic N) is 1. The van der Waals surface area contributed by atoms with Gasteiger partial charge in [0.2, 0.25) is 6.79 Å². The molecule has 1 atom stereocenters. The molecule has 27 heavy (non-hydrogen) atoms. The van der Waals surface area contributed by atoms with Crippen LogP contribution in [0.5, 0.6) is 11.5 Å². The summed E-state index contributed by atoms with van der Waals surface area (Å²) in [6, 6.07) is 5.80. The van der Waals surface area contributed by atoms with E-state index in [2.05, 4.69) is 15.5 Å². The van der Waals surface area contributed by atoms with Crippen molar-refractivity contribution in [2.45, 2.75) is 25.3 Å². The molecule has 3 aliphatic heterocycles. The molecule has 4 rings (SSSR count). The third-order valence-corrected chi connectivity index (χ3v) is 6.60. The summed E-state index contributed by atoms with van der Waals surface area (Å²) in [5.41, 5.74) is 0.516. The van der Waals surface area contributed by atoms with Crippen LogP contribution in [-0.4, -0.2) is 60.7 Å². The van der Waals surface area contributed by atoms with Crippen molar-refractivity contribution in [1.82, 2.24) is 10.2 Å². The minimum absolute atomic E-state index is 0.172. The fourth-order valence-electron chi connectivity index (χ4n) is 3.81. The van der Waals surface area contributed by atoms with Crippen LogP contribution in [0.2, 0.25) is 0 Å². The van der Waals surface area contributed by atoms with Gasteiger partial charge < -0.3 is 20.1 Å². The number of amides is 2. The first kappa shape index (κ1) is 18.4. The molecule has 7 nitrogen and oxygen atoms in total. The molecule has 0 unspecified atom stereocenters. The van der Waals surface area contributed by atoms with E-state index in [1.54, 1.807) is 18.2 Å². The van der Waals surface area contributed by atoms with E-state index >= 15 is 0 Å². The number of nitrogens with one attached hydrogen (secondary N) is 2. The molecule has 146 valence electrons. The number of rotatable bonds is 4. The molecule has 1 aromatic carbocycles. The maximum atomic E-state index is 12.1. The lowest BCUT2D eigenvalue weighted by atomic mass is 9.95. The van der Waals surface area contributed by atoms with Gasteiger partial charge in [0.15, 0.2) is 11.5 Å². The normalized spacial score (nSPS) is 22.6. The number of piperidine rings is 1. The Bertz CT molecular complexity index is 700. The van der Waals surface area contributed by atoms with Crippen LogP contribution in [0.1, 0.15) is 19.3 Å². The van der Waals surface area contributed by atoms with Crippen molar-refractivity contribution in [3.8, 4) is 11.5 Å². The monoisotopic (exact) mass is 391 g/mol. The van der Waals surface area contributed by atoms with Crippen LogP contribution < -0.4 is 20.1 Å². The van der Waals surface area contributed by atoms with E-state index in [-0.39, 0.29) is 6.79 Å². The fourth-order valence-corrected chi connectivity index (χ4v) is 5.07. The second kappa shape index (κ2) is 8.39. The van der Waals surface area contributed by atoms with Crippen molar-refractivity contribution in [1.29, 1.82) is 0 Å². The number of hydrogen-bond donors (Lipinski definition) is 2. The van der Waals surface area contributed by atoms with Gasteiger partial charge in [0.25, 0.3) is 0 Å². The molecular weight excluding hydrogens is 366 g/mol. The number of hydrogen-bond acceptors (Lipinski definition) is 6. The number of benzene rings is 1. The Morgan fingerprint density at radius 3 is 2.70 bits per heavy atom. The Morgan fingerprint density at radius 1 is 1.11 bits per heavy atom. The molecule has 0 saturated carbocycles. The number of carbonyl (C=O) groups is 2. The van der Waals surface area contributed by atoms with Gasteiger partial charge in [-0.3, -0.25) is 14.5 Å². The summed E-state index contributed by atoms with van der Waals surface area (Å²) in [5.74, 6) is 2.93. The summed E-state index contributed by atoms with van der Waals surface area (Å²) in [6.45, 7) is 2.91. The average molecular weight is 391 g/mol. The van der Waals surface area contributed by atoms with E-state index in [1.165, 1.54) is 17.9 Å². The van der Waals surface area contributed by atoms with Crippen molar-refractivity contribution in [2.75, 3.05) is 43.2 Å². The van der Waals surface area contributed by atoms with E-state index in [9.17, 15) is 9.59 Å². The van der Waals surface area contributed by atoms with Crippen LogP contribution >= 0.6 is 11.8 Å². The minimum Gasteiger partial charge on any atom is -0.454 e. The topological polar surface area (TPSA) is 79.9 Å². The molecule has 2 fully saturated rings. The summed E-state index contributed by atoms with van der Waals surface area (Å²) in [4.78, 5) is 26.8. The van der Waals surface area contributed by atoms with E-state index in [4.69, 9.17) is 9.47 Å².